The Morgan fingerprint density at radius 3 is 2.75 bits per heavy atom. The molecule has 1 aromatic heterocycles. The Labute approximate surface area is 144 Å². The van der Waals surface area contributed by atoms with Crippen LogP contribution in [0.2, 0.25) is 0 Å². The molecule has 0 amide bonds. The highest BCUT2D eigenvalue weighted by atomic mass is 16.5. The van der Waals surface area contributed by atoms with Gasteiger partial charge in [0.05, 0.1) is 0 Å². The van der Waals surface area contributed by atoms with E-state index in [1.165, 1.54) is 16.8 Å². The van der Waals surface area contributed by atoms with E-state index >= 15 is 0 Å². The monoisotopic (exact) mass is 320 g/mol. The number of hydrogen-bond donors (Lipinski definition) is 0. The van der Waals surface area contributed by atoms with Gasteiger partial charge in [0.15, 0.2) is 0 Å². The largest absolute Gasteiger partial charge is 0.489 e. The van der Waals surface area contributed by atoms with Crippen LogP contribution < -0.4 is 4.74 Å². The molecule has 0 aliphatic carbocycles. The van der Waals surface area contributed by atoms with Gasteiger partial charge < -0.3 is 4.74 Å². The minimum atomic E-state index is 0.529. The fourth-order valence-corrected chi connectivity index (χ4v) is 3.10. The van der Waals surface area contributed by atoms with Crippen LogP contribution >= 0.6 is 0 Å². The Bertz CT molecular complexity index is 690. The lowest BCUT2D eigenvalue weighted by Crippen LogP contribution is -2.44. The second kappa shape index (κ2) is 7.93. The van der Waals surface area contributed by atoms with Crippen molar-refractivity contribution in [1.29, 1.82) is 0 Å². The average molecular weight is 320 g/mol. The van der Waals surface area contributed by atoms with E-state index in [-0.39, 0.29) is 0 Å². The summed E-state index contributed by atoms with van der Waals surface area (Å²) < 4.78 is 5.73. The fraction of sp³-hybridized carbons (Fsp3) is 0.286. The Hall–Kier alpha value is -2.39. The van der Waals surface area contributed by atoms with Gasteiger partial charge in [-0.05, 0) is 35.7 Å². The van der Waals surface area contributed by atoms with Crippen molar-refractivity contribution >= 4 is 0 Å². The lowest BCUT2D eigenvalue weighted by Gasteiger charge is -2.39. The predicted octanol–water partition coefficient (Wildman–Crippen LogP) is 3.97. The van der Waals surface area contributed by atoms with Crippen molar-refractivity contribution in [3.63, 3.8) is 0 Å². The molecule has 0 radical (unpaired) electrons. The van der Waals surface area contributed by atoms with Gasteiger partial charge in [0.1, 0.15) is 12.4 Å². The summed E-state index contributed by atoms with van der Waals surface area (Å²) in [4.78, 5) is 6.91. The number of aromatic nitrogens is 1. The Morgan fingerprint density at radius 1 is 1.17 bits per heavy atom. The van der Waals surface area contributed by atoms with E-state index in [2.05, 4.69) is 53.4 Å². The summed E-state index contributed by atoms with van der Waals surface area (Å²) in [6.07, 6.45) is 6.38. The smallest absolute Gasteiger partial charge is 0.123 e. The molecular formula is C21H24N2O. The van der Waals surface area contributed by atoms with Crippen LogP contribution in [0.15, 0.2) is 67.9 Å². The highest BCUT2D eigenvalue weighted by Crippen LogP contribution is 2.28. The molecule has 0 unspecified atom stereocenters. The number of rotatable bonds is 8. The van der Waals surface area contributed by atoms with Gasteiger partial charge >= 0.3 is 0 Å². The van der Waals surface area contributed by atoms with E-state index in [9.17, 15) is 0 Å². The minimum absolute atomic E-state index is 0.529. The summed E-state index contributed by atoms with van der Waals surface area (Å²) in [6.45, 7) is 11.2. The fourth-order valence-electron chi connectivity index (χ4n) is 3.10. The topological polar surface area (TPSA) is 25.4 Å². The van der Waals surface area contributed by atoms with Crippen LogP contribution in [0.3, 0.4) is 0 Å². The molecule has 1 aromatic carbocycles. The molecule has 0 N–H and O–H groups in total. The summed E-state index contributed by atoms with van der Waals surface area (Å²) in [7, 11) is 0. The number of benzene rings is 1. The van der Waals surface area contributed by atoms with Gasteiger partial charge in [-0.2, -0.15) is 0 Å². The highest BCUT2D eigenvalue weighted by molar-refractivity contribution is 5.38. The molecule has 1 fully saturated rings. The van der Waals surface area contributed by atoms with Crippen LogP contribution in [0.1, 0.15) is 22.7 Å². The molecule has 0 bridgehead atoms. The van der Waals surface area contributed by atoms with Gasteiger partial charge in [-0.3, -0.25) is 9.88 Å². The molecule has 1 aliphatic heterocycles. The second-order valence-corrected chi connectivity index (χ2v) is 6.18. The Morgan fingerprint density at radius 2 is 2.04 bits per heavy atom. The first-order chi connectivity index (χ1) is 11.8. The third kappa shape index (κ3) is 3.92. The van der Waals surface area contributed by atoms with Crippen LogP contribution in [0.25, 0.3) is 0 Å². The molecular weight excluding hydrogens is 296 g/mol. The molecule has 24 heavy (non-hydrogen) atoms. The number of ether oxygens (including phenoxy) is 1. The van der Waals surface area contributed by atoms with Crippen LogP contribution in [0.5, 0.6) is 5.75 Å². The van der Waals surface area contributed by atoms with Gasteiger partial charge in [0, 0.05) is 37.4 Å². The van der Waals surface area contributed by atoms with E-state index in [1.807, 2.05) is 18.3 Å². The molecule has 3 rings (SSSR count). The van der Waals surface area contributed by atoms with Gasteiger partial charge in [0.25, 0.3) is 0 Å². The van der Waals surface area contributed by atoms with Crippen LogP contribution in [-0.2, 0) is 13.0 Å². The zero-order valence-corrected chi connectivity index (χ0v) is 14.0. The second-order valence-electron chi connectivity index (χ2n) is 6.18. The quantitative estimate of drug-likeness (QED) is 0.688. The number of likely N-dealkylation sites (tertiary alicyclic amines) is 1. The highest BCUT2D eigenvalue weighted by Gasteiger charge is 2.28. The van der Waals surface area contributed by atoms with Crippen LogP contribution in [-0.4, -0.2) is 29.6 Å². The van der Waals surface area contributed by atoms with Crippen molar-refractivity contribution < 1.29 is 4.74 Å². The third-order valence-electron chi connectivity index (χ3n) is 4.32. The molecule has 1 aliphatic rings. The summed E-state index contributed by atoms with van der Waals surface area (Å²) in [6, 6.07) is 12.6. The van der Waals surface area contributed by atoms with Crippen LogP contribution in [0.4, 0.5) is 0 Å². The maximum Gasteiger partial charge on any atom is 0.123 e. The Balaban J connectivity index is 1.60. The molecule has 0 atom stereocenters. The molecule has 124 valence electrons. The zero-order chi connectivity index (χ0) is 16.8. The molecule has 2 aromatic rings. The maximum absolute atomic E-state index is 5.73. The Kier molecular flexibility index (Phi) is 5.44. The third-order valence-corrected chi connectivity index (χ3v) is 4.32. The lowest BCUT2D eigenvalue weighted by molar-refractivity contribution is 0.137. The molecule has 1 saturated heterocycles. The molecule has 3 heteroatoms. The standard InChI is InChI=1S/C21H24N2O/c1-3-7-18-13-17(9-10-21(18)24-12-4-2)14-23-15-19(16-23)20-8-5-6-11-22-20/h3-6,8-11,13,19H,1-2,7,12,14-16H2. The minimum Gasteiger partial charge on any atom is -0.489 e. The SMILES string of the molecule is C=CCOc1ccc(CN2CC(c3ccccn3)C2)cc1CC=C. The molecule has 2 heterocycles. The average Bonchev–Trinajstić information content (AvgIpc) is 2.58. The summed E-state index contributed by atoms with van der Waals surface area (Å²) in [5.74, 6) is 1.49. The summed E-state index contributed by atoms with van der Waals surface area (Å²) >= 11 is 0. The first-order valence-electron chi connectivity index (χ1n) is 8.40. The maximum atomic E-state index is 5.73. The lowest BCUT2D eigenvalue weighted by atomic mass is 9.94. The van der Waals surface area contributed by atoms with Crippen molar-refractivity contribution in [1.82, 2.24) is 9.88 Å². The van der Waals surface area contributed by atoms with Crippen molar-refractivity contribution in [2.24, 2.45) is 0 Å². The van der Waals surface area contributed by atoms with Gasteiger partial charge in [-0.25, -0.2) is 0 Å². The number of nitrogens with zero attached hydrogens (tertiary/aromatic N) is 2. The van der Waals surface area contributed by atoms with Crippen molar-refractivity contribution in [2.45, 2.75) is 18.9 Å². The van der Waals surface area contributed by atoms with Gasteiger partial charge in [-0.1, -0.05) is 36.9 Å². The predicted molar refractivity (Wildman–Crippen MR) is 98.3 cm³/mol. The van der Waals surface area contributed by atoms with Crippen LogP contribution in [0, 0.1) is 0 Å². The van der Waals surface area contributed by atoms with Gasteiger partial charge in [0.2, 0.25) is 0 Å². The van der Waals surface area contributed by atoms with Crippen molar-refractivity contribution in [2.75, 3.05) is 19.7 Å². The summed E-state index contributed by atoms with van der Waals surface area (Å²) in [5, 5.41) is 0. The number of allylic oxidation sites excluding steroid dienone is 1. The molecule has 0 saturated carbocycles. The first-order valence-corrected chi connectivity index (χ1v) is 8.40. The molecule has 3 nitrogen and oxygen atoms in total. The number of pyridine rings is 1. The summed E-state index contributed by atoms with van der Waals surface area (Å²) in [5.41, 5.74) is 3.71. The van der Waals surface area contributed by atoms with E-state index in [4.69, 9.17) is 4.74 Å². The number of hydrogen-bond acceptors (Lipinski definition) is 3. The normalized spacial score (nSPS) is 14.8. The molecule has 0 spiro atoms. The van der Waals surface area contributed by atoms with Gasteiger partial charge in [-0.15, -0.1) is 6.58 Å². The van der Waals surface area contributed by atoms with E-state index in [0.717, 1.165) is 31.8 Å². The van der Waals surface area contributed by atoms with E-state index in [1.54, 1.807) is 6.08 Å². The van der Waals surface area contributed by atoms with Crippen molar-refractivity contribution in [3.8, 4) is 5.75 Å². The first kappa shape index (κ1) is 16.5. The van der Waals surface area contributed by atoms with Crippen molar-refractivity contribution in [3.05, 3.63) is 84.7 Å². The van der Waals surface area contributed by atoms with E-state index in [0.29, 0.717) is 12.5 Å². The zero-order valence-electron chi connectivity index (χ0n) is 14.0. The van der Waals surface area contributed by atoms with E-state index < -0.39 is 0 Å².